The first-order chi connectivity index (χ1) is 9.08. The summed E-state index contributed by atoms with van der Waals surface area (Å²) >= 11 is 0. The van der Waals surface area contributed by atoms with E-state index in [0.29, 0.717) is 23.6 Å². The maximum absolute atomic E-state index is 11.3. The molecule has 0 saturated heterocycles. The molecule has 1 amide bonds. The summed E-state index contributed by atoms with van der Waals surface area (Å²) in [7, 11) is 0. The number of primary amides is 1. The molecule has 6 heteroatoms. The molecule has 0 aliphatic rings. The van der Waals surface area contributed by atoms with E-state index in [4.69, 9.17) is 11.5 Å². The Kier molecular flexibility index (Phi) is 6.08. The summed E-state index contributed by atoms with van der Waals surface area (Å²) in [5, 5.41) is 3.14. The molecule has 6 nitrogen and oxygen atoms in total. The second-order valence-corrected chi connectivity index (χ2v) is 4.39. The Morgan fingerprint density at radius 1 is 1.42 bits per heavy atom. The summed E-state index contributed by atoms with van der Waals surface area (Å²) in [4.78, 5) is 17.7. The molecule has 0 atom stereocenters. The van der Waals surface area contributed by atoms with Crippen LogP contribution in [0.4, 0.5) is 11.5 Å². The Labute approximate surface area is 114 Å². The molecule has 0 unspecified atom stereocenters. The third-order valence-electron chi connectivity index (χ3n) is 2.88. The normalized spacial score (nSPS) is 10.7. The smallest absolute Gasteiger partial charge is 0.252 e. The van der Waals surface area contributed by atoms with Crippen molar-refractivity contribution >= 4 is 17.4 Å². The number of aromatic nitrogens is 1. The maximum Gasteiger partial charge on any atom is 0.252 e. The highest BCUT2D eigenvalue weighted by Crippen LogP contribution is 2.14. The van der Waals surface area contributed by atoms with Crippen molar-refractivity contribution < 1.29 is 4.79 Å². The molecule has 0 bridgehead atoms. The van der Waals surface area contributed by atoms with Crippen LogP contribution in [0.25, 0.3) is 0 Å². The van der Waals surface area contributed by atoms with E-state index in [1.807, 2.05) is 0 Å². The van der Waals surface area contributed by atoms with E-state index in [-0.39, 0.29) is 0 Å². The standard InChI is InChI=1S/C13H23N5O/c1-3-6-18(4-2)7-5-16-13-11(12(15)19)8-10(14)9-17-13/h8-9H,3-7,14H2,1-2H3,(H2,15,19)(H,16,17). The third kappa shape index (κ3) is 4.75. The van der Waals surface area contributed by atoms with Gasteiger partial charge in [0, 0.05) is 13.1 Å². The minimum atomic E-state index is -0.525. The quantitative estimate of drug-likeness (QED) is 0.649. The van der Waals surface area contributed by atoms with Crippen molar-refractivity contribution in [1.82, 2.24) is 9.88 Å². The van der Waals surface area contributed by atoms with Gasteiger partial charge in [0.1, 0.15) is 5.82 Å². The number of hydrogen-bond donors (Lipinski definition) is 3. The van der Waals surface area contributed by atoms with E-state index in [2.05, 4.69) is 29.0 Å². The van der Waals surface area contributed by atoms with Gasteiger partial charge in [-0.2, -0.15) is 0 Å². The zero-order valence-corrected chi connectivity index (χ0v) is 11.6. The molecule has 0 aliphatic heterocycles. The van der Waals surface area contributed by atoms with Crippen molar-refractivity contribution in [3.63, 3.8) is 0 Å². The number of carbonyl (C=O) groups is 1. The lowest BCUT2D eigenvalue weighted by Gasteiger charge is -2.20. The number of hydrogen-bond acceptors (Lipinski definition) is 5. The largest absolute Gasteiger partial charge is 0.397 e. The lowest BCUT2D eigenvalue weighted by molar-refractivity contribution is 0.100. The van der Waals surface area contributed by atoms with E-state index in [9.17, 15) is 4.79 Å². The minimum Gasteiger partial charge on any atom is -0.397 e. The van der Waals surface area contributed by atoms with E-state index in [1.54, 1.807) is 6.07 Å². The van der Waals surface area contributed by atoms with Crippen LogP contribution in [0, 0.1) is 0 Å². The second-order valence-electron chi connectivity index (χ2n) is 4.39. The fourth-order valence-corrected chi connectivity index (χ4v) is 1.89. The van der Waals surface area contributed by atoms with Gasteiger partial charge in [-0.05, 0) is 25.6 Å². The lowest BCUT2D eigenvalue weighted by Crippen LogP contribution is -2.30. The fourth-order valence-electron chi connectivity index (χ4n) is 1.89. The van der Waals surface area contributed by atoms with Crippen molar-refractivity contribution in [3.05, 3.63) is 17.8 Å². The molecule has 0 aliphatic carbocycles. The lowest BCUT2D eigenvalue weighted by atomic mass is 10.2. The second kappa shape index (κ2) is 7.58. The van der Waals surface area contributed by atoms with Crippen molar-refractivity contribution in [1.29, 1.82) is 0 Å². The van der Waals surface area contributed by atoms with Gasteiger partial charge < -0.3 is 21.7 Å². The van der Waals surface area contributed by atoms with Crippen LogP contribution >= 0.6 is 0 Å². The average Bonchev–Trinajstić information content (AvgIpc) is 2.39. The van der Waals surface area contributed by atoms with Crippen molar-refractivity contribution in [2.75, 3.05) is 37.2 Å². The number of nitrogens with two attached hydrogens (primary N) is 2. The van der Waals surface area contributed by atoms with Crippen LogP contribution in [0.15, 0.2) is 12.3 Å². The minimum absolute atomic E-state index is 0.332. The van der Waals surface area contributed by atoms with Crippen molar-refractivity contribution in [3.8, 4) is 0 Å². The van der Waals surface area contributed by atoms with Gasteiger partial charge in [0.15, 0.2) is 0 Å². The number of rotatable bonds is 8. The van der Waals surface area contributed by atoms with Crippen molar-refractivity contribution in [2.24, 2.45) is 5.73 Å². The highest BCUT2D eigenvalue weighted by molar-refractivity contribution is 5.98. The fraction of sp³-hybridized carbons (Fsp3) is 0.538. The van der Waals surface area contributed by atoms with Crippen LogP contribution in [0.1, 0.15) is 30.6 Å². The van der Waals surface area contributed by atoms with Crippen LogP contribution in [0.2, 0.25) is 0 Å². The van der Waals surface area contributed by atoms with Crippen LogP contribution < -0.4 is 16.8 Å². The maximum atomic E-state index is 11.3. The molecule has 5 N–H and O–H groups in total. The van der Waals surface area contributed by atoms with E-state index in [1.165, 1.54) is 6.20 Å². The highest BCUT2D eigenvalue weighted by atomic mass is 16.1. The van der Waals surface area contributed by atoms with Crippen LogP contribution in [-0.4, -0.2) is 42.0 Å². The predicted molar refractivity (Wildman–Crippen MR) is 78.1 cm³/mol. The van der Waals surface area contributed by atoms with Crippen molar-refractivity contribution in [2.45, 2.75) is 20.3 Å². The van der Waals surface area contributed by atoms with E-state index < -0.39 is 5.91 Å². The van der Waals surface area contributed by atoms with Crippen LogP contribution in [-0.2, 0) is 0 Å². The van der Waals surface area contributed by atoms with Gasteiger partial charge >= 0.3 is 0 Å². The summed E-state index contributed by atoms with van der Waals surface area (Å²) in [5.74, 6) is -0.0301. The summed E-state index contributed by atoms with van der Waals surface area (Å²) in [6.07, 6.45) is 2.64. The summed E-state index contributed by atoms with van der Waals surface area (Å²) in [5.41, 5.74) is 11.7. The Bertz CT molecular complexity index is 421. The average molecular weight is 265 g/mol. The number of likely N-dealkylation sites (N-methyl/N-ethyl adjacent to an activating group) is 1. The van der Waals surface area contributed by atoms with Gasteiger partial charge in [-0.15, -0.1) is 0 Å². The molecule has 1 aromatic heterocycles. The number of anilines is 2. The van der Waals surface area contributed by atoms with Gasteiger partial charge in [0.05, 0.1) is 17.4 Å². The van der Waals surface area contributed by atoms with Gasteiger partial charge in [-0.3, -0.25) is 4.79 Å². The Morgan fingerprint density at radius 2 is 2.16 bits per heavy atom. The molecule has 0 aromatic carbocycles. The number of amides is 1. The molecule has 0 saturated carbocycles. The highest BCUT2D eigenvalue weighted by Gasteiger charge is 2.10. The number of carbonyl (C=O) groups excluding carboxylic acids is 1. The summed E-state index contributed by atoms with van der Waals surface area (Å²) < 4.78 is 0. The topological polar surface area (TPSA) is 97.3 Å². The first kappa shape index (κ1) is 15.2. The molecule has 1 aromatic rings. The molecule has 1 rings (SSSR count). The Morgan fingerprint density at radius 3 is 2.74 bits per heavy atom. The zero-order valence-electron chi connectivity index (χ0n) is 11.6. The first-order valence-electron chi connectivity index (χ1n) is 6.60. The monoisotopic (exact) mass is 265 g/mol. The number of pyridine rings is 1. The summed E-state index contributed by atoms with van der Waals surface area (Å²) in [6.45, 7) is 7.97. The summed E-state index contributed by atoms with van der Waals surface area (Å²) in [6, 6.07) is 1.54. The van der Waals surface area contributed by atoms with Gasteiger partial charge in [-0.1, -0.05) is 13.8 Å². The van der Waals surface area contributed by atoms with E-state index >= 15 is 0 Å². The molecule has 19 heavy (non-hydrogen) atoms. The number of nitrogens with zero attached hydrogens (tertiary/aromatic N) is 2. The van der Waals surface area contributed by atoms with Gasteiger partial charge in [0.25, 0.3) is 5.91 Å². The molecule has 1 heterocycles. The van der Waals surface area contributed by atoms with Gasteiger partial charge in [0.2, 0.25) is 0 Å². The Hall–Kier alpha value is -1.82. The molecular formula is C13H23N5O. The molecular weight excluding hydrogens is 242 g/mol. The predicted octanol–water partition coefficient (Wildman–Crippen LogP) is 0.907. The SMILES string of the molecule is CCCN(CC)CCNc1ncc(N)cc1C(N)=O. The van der Waals surface area contributed by atoms with Crippen LogP contribution in [0.3, 0.4) is 0 Å². The molecule has 106 valence electrons. The van der Waals surface area contributed by atoms with Gasteiger partial charge in [-0.25, -0.2) is 4.98 Å². The number of nitrogen functional groups attached to an aromatic ring is 1. The Balaban J connectivity index is 2.60. The number of nitrogens with one attached hydrogen (secondary N) is 1. The van der Waals surface area contributed by atoms with E-state index in [0.717, 1.165) is 26.1 Å². The zero-order chi connectivity index (χ0) is 14.3. The van der Waals surface area contributed by atoms with Crippen LogP contribution in [0.5, 0.6) is 0 Å². The molecule has 0 radical (unpaired) electrons. The molecule has 0 fully saturated rings. The first-order valence-corrected chi connectivity index (χ1v) is 6.60. The molecule has 0 spiro atoms. The third-order valence-corrected chi connectivity index (χ3v) is 2.88.